The van der Waals surface area contributed by atoms with Crippen LogP contribution in [0.1, 0.15) is 11.1 Å². The van der Waals surface area contributed by atoms with E-state index in [9.17, 15) is 0 Å². The van der Waals surface area contributed by atoms with E-state index < -0.39 is 8.80 Å². The van der Waals surface area contributed by atoms with Crippen molar-refractivity contribution in [3.8, 4) is 0 Å². The molecule has 106 valence electrons. The van der Waals surface area contributed by atoms with Crippen LogP contribution in [0.3, 0.4) is 0 Å². The third kappa shape index (κ3) is 2.44. The highest BCUT2D eigenvalue weighted by atomic mass is 28.3. The summed E-state index contributed by atoms with van der Waals surface area (Å²) in [6.07, 6.45) is 3.54. The Morgan fingerprint density at radius 2 is 1.14 bits per heavy atom. The predicted molar refractivity (Wildman–Crippen MR) is 97.4 cm³/mol. The van der Waals surface area contributed by atoms with Crippen molar-refractivity contribution in [3.63, 3.8) is 0 Å². The summed E-state index contributed by atoms with van der Waals surface area (Å²) in [5.41, 5.74) is 2.88. The molecule has 0 nitrogen and oxygen atoms in total. The lowest BCUT2D eigenvalue weighted by Crippen LogP contribution is -2.44. The van der Waals surface area contributed by atoms with Crippen LogP contribution in [0.15, 0.2) is 90.1 Å². The molecule has 0 heterocycles. The molecule has 4 rings (SSSR count). The van der Waals surface area contributed by atoms with Crippen molar-refractivity contribution in [1.82, 2.24) is 0 Å². The van der Waals surface area contributed by atoms with Gasteiger partial charge in [-0.25, -0.2) is 0 Å². The molecule has 0 amide bonds. The van der Waals surface area contributed by atoms with Gasteiger partial charge in [-0.3, -0.25) is 0 Å². The van der Waals surface area contributed by atoms with Gasteiger partial charge in [-0.1, -0.05) is 107 Å². The average Bonchev–Trinajstić information content (AvgIpc) is 3.00. The van der Waals surface area contributed by atoms with E-state index >= 15 is 0 Å². The van der Waals surface area contributed by atoms with Crippen molar-refractivity contribution in [2.24, 2.45) is 0 Å². The van der Waals surface area contributed by atoms with Gasteiger partial charge in [-0.05, 0) is 17.5 Å². The van der Waals surface area contributed by atoms with Crippen LogP contribution in [0.2, 0.25) is 0 Å². The van der Waals surface area contributed by atoms with Crippen molar-refractivity contribution in [3.05, 3.63) is 101 Å². The lowest BCUT2D eigenvalue weighted by Gasteiger charge is -2.18. The van der Waals surface area contributed by atoms with Crippen LogP contribution >= 0.6 is 0 Å². The Morgan fingerprint density at radius 1 is 0.591 bits per heavy atom. The molecule has 0 N–H and O–H groups in total. The van der Waals surface area contributed by atoms with E-state index in [0.717, 1.165) is 6.42 Å². The van der Waals surface area contributed by atoms with Gasteiger partial charge < -0.3 is 0 Å². The summed E-state index contributed by atoms with van der Waals surface area (Å²) in [7, 11) is -1.33. The van der Waals surface area contributed by atoms with Gasteiger partial charge in [0.2, 0.25) is 0 Å². The minimum Gasteiger partial charge on any atom is -0.0694 e. The first kappa shape index (κ1) is 13.3. The molecule has 0 radical (unpaired) electrons. The van der Waals surface area contributed by atoms with Crippen molar-refractivity contribution in [2.75, 3.05) is 0 Å². The molecule has 3 aromatic rings. The summed E-state index contributed by atoms with van der Waals surface area (Å²) < 4.78 is 0. The Balaban J connectivity index is 1.80. The topological polar surface area (TPSA) is 0 Å². The van der Waals surface area contributed by atoms with Crippen LogP contribution in [0.5, 0.6) is 0 Å². The van der Waals surface area contributed by atoms with E-state index in [1.165, 1.54) is 21.5 Å². The van der Waals surface area contributed by atoms with Gasteiger partial charge in [0.1, 0.15) is 8.80 Å². The normalized spacial score (nSPS) is 13.0. The van der Waals surface area contributed by atoms with Gasteiger partial charge in [0.25, 0.3) is 0 Å². The quantitative estimate of drug-likeness (QED) is 0.651. The van der Waals surface area contributed by atoms with E-state index in [2.05, 4.69) is 91.0 Å². The smallest absolute Gasteiger partial charge is 0.0694 e. The standard InChI is InChI=1S/C21H18Si/c1-3-11-19(12-4-1)22(20-13-5-2-6-14-20)21-15-17-9-7-8-10-18(17)16-21/h1-15,22H,16H2. The van der Waals surface area contributed by atoms with Gasteiger partial charge in [0.05, 0.1) is 0 Å². The Labute approximate surface area is 133 Å². The second kappa shape index (κ2) is 5.78. The Kier molecular flexibility index (Phi) is 3.49. The summed E-state index contributed by atoms with van der Waals surface area (Å²) in [5, 5.41) is 4.64. The molecule has 1 aliphatic carbocycles. The van der Waals surface area contributed by atoms with Crippen molar-refractivity contribution >= 4 is 25.2 Å². The van der Waals surface area contributed by atoms with E-state index in [1.54, 1.807) is 5.20 Å². The van der Waals surface area contributed by atoms with Crippen molar-refractivity contribution in [2.45, 2.75) is 6.42 Å². The maximum Gasteiger partial charge on any atom is 0.128 e. The second-order valence-corrected chi connectivity index (χ2v) is 8.79. The van der Waals surface area contributed by atoms with Crippen LogP contribution < -0.4 is 10.4 Å². The highest BCUT2D eigenvalue weighted by molar-refractivity contribution is 6.91. The molecular weight excluding hydrogens is 280 g/mol. The summed E-state index contributed by atoms with van der Waals surface area (Å²) in [6, 6.07) is 30.9. The van der Waals surface area contributed by atoms with Crippen LogP contribution in [-0.2, 0) is 6.42 Å². The fourth-order valence-corrected chi connectivity index (χ4v) is 6.63. The van der Waals surface area contributed by atoms with Crippen LogP contribution in [0.4, 0.5) is 0 Å². The molecule has 0 spiro atoms. The molecule has 0 bridgehead atoms. The maximum atomic E-state index is 2.44. The number of rotatable bonds is 3. The summed E-state index contributed by atoms with van der Waals surface area (Å²) >= 11 is 0. The summed E-state index contributed by atoms with van der Waals surface area (Å²) in [6.45, 7) is 0. The Bertz CT molecular complexity index is 764. The number of fused-ring (bicyclic) bond motifs is 1. The number of hydrogen-bond donors (Lipinski definition) is 0. The van der Waals surface area contributed by atoms with Gasteiger partial charge in [-0.15, -0.1) is 0 Å². The highest BCUT2D eigenvalue weighted by Gasteiger charge is 2.24. The van der Waals surface area contributed by atoms with E-state index in [1.807, 2.05) is 0 Å². The molecule has 0 saturated carbocycles. The minimum absolute atomic E-state index is 1.11. The average molecular weight is 298 g/mol. The second-order valence-electron chi connectivity index (χ2n) is 5.85. The molecule has 1 aliphatic rings. The monoisotopic (exact) mass is 298 g/mol. The van der Waals surface area contributed by atoms with E-state index in [0.29, 0.717) is 0 Å². The van der Waals surface area contributed by atoms with Gasteiger partial charge in [-0.2, -0.15) is 0 Å². The third-order valence-electron chi connectivity index (χ3n) is 4.43. The molecule has 0 atom stereocenters. The number of allylic oxidation sites excluding steroid dienone is 1. The van der Waals surface area contributed by atoms with Crippen LogP contribution in [0.25, 0.3) is 6.08 Å². The van der Waals surface area contributed by atoms with Crippen LogP contribution in [-0.4, -0.2) is 8.80 Å². The molecule has 0 aromatic heterocycles. The summed E-state index contributed by atoms with van der Waals surface area (Å²) in [5.74, 6) is 0. The molecule has 0 saturated heterocycles. The van der Waals surface area contributed by atoms with Crippen LogP contribution in [0, 0.1) is 0 Å². The maximum absolute atomic E-state index is 2.44. The highest BCUT2D eigenvalue weighted by Crippen LogP contribution is 2.26. The van der Waals surface area contributed by atoms with E-state index in [-0.39, 0.29) is 0 Å². The fourth-order valence-electron chi connectivity index (χ4n) is 3.40. The fraction of sp³-hybridized carbons (Fsp3) is 0.0476. The number of benzene rings is 3. The summed E-state index contributed by atoms with van der Waals surface area (Å²) in [4.78, 5) is 0. The van der Waals surface area contributed by atoms with Gasteiger partial charge in [0, 0.05) is 0 Å². The first-order valence-corrected chi connectivity index (χ1v) is 9.53. The molecule has 3 aromatic carbocycles. The van der Waals surface area contributed by atoms with Crippen molar-refractivity contribution in [1.29, 1.82) is 0 Å². The van der Waals surface area contributed by atoms with Crippen molar-refractivity contribution < 1.29 is 0 Å². The number of hydrogen-bond acceptors (Lipinski definition) is 0. The Hall–Kier alpha value is -2.38. The van der Waals surface area contributed by atoms with E-state index in [4.69, 9.17) is 0 Å². The molecule has 0 fully saturated rings. The first-order valence-electron chi connectivity index (χ1n) is 7.80. The zero-order chi connectivity index (χ0) is 14.8. The lowest BCUT2D eigenvalue weighted by atomic mass is 10.1. The molecule has 1 heteroatoms. The first-order chi connectivity index (χ1) is 10.9. The van der Waals surface area contributed by atoms with Gasteiger partial charge in [0.15, 0.2) is 0 Å². The predicted octanol–water partition coefficient (Wildman–Crippen LogP) is 3.21. The Morgan fingerprint density at radius 3 is 1.73 bits per heavy atom. The lowest BCUT2D eigenvalue weighted by molar-refractivity contribution is 1.28. The largest absolute Gasteiger partial charge is 0.128 e. The molecule has 0 unspecified atom stereocenters. The zero-order valence-corrected chi connectivity index (χ0v) is 13.6. The zero-order valence-electron chi connectivity index (χ0n) is 12.4. The molecule has 0 aliphatic heterocycles. The van der Waals surface area contributed by atoms with Gasteiger partial charge >= 0.3 is 0 Å². The third-order valence-corrected chi connectivity index (χ3v) is 7.64. The minimum atomic E-state index is -1.33. The molecule has 22 heavy (non-hydrogen) atoms. The SMILES string of the molecule is C1=C([SiH](c2ccccc2)c2ccccc2)Cc2ccccc21. The molecular formula is C21H18Si.